The second-order valence-corrected chi connectivity index (χ2v) is 6.80. The minimum Gasteiger partial charge on any atom is -0.493 e. The third kappa shape index (κ3) is 2.41. The Labute approximate surface area is 138 Å². The SMILES string of the molecule is COc1cc2c3c(c1OC)CC(c1ccccc1)CC3CCC2. The van der Waals surface area contributed by atoms with Crippen molar-refractivity contribution in [1.29, 1.82) is 0 Å². The first-order valence-corrected chi connectivity index (χ1v) is 8.63. The minimum absolute atomic E-state index is 0.584. The highest BCUT2D eigenvalue weighted by atomic mass is 16.5. The molecule has 0 saturated carbocycles. The van der Waals surface area contributed by atoms with Gasteiger partial charge in [-0.1, -0.05) is 30.3 Å². The highest BCUT2D eigenvalue weighted by Gasteiger charge is 2.35. The van der Waals surface area contributed by atoms with E-state index in [1.54, 1.807) is 19.8 Å². The third-order valence-electron chi connectivity index (χ3n) is 5.60. The third-order valence-corrected chi connectivity index (χ3v) is 5.60. The smallest absolute Gasteiger partial charge is 0.164 e. The number of ether oxygens (including phenoxy) is 2. The van der Waals surface area contributed by atoms with E-state index in [1.165, 1.54) is 42.4 Å². The fourth-order valence-corrected chi connectivity index (χ4v) is 4.63. The first kappa shape index (κ1) is 14.6. The summed E-state index contributed by atoms with van der Waals surface area (Å²) < 4.78 is 11.4. The van der Waals surface area contributed by atoms with Gasteiger partial charge in [-0.15, -0.1) is 0 Å². The highest BCUT2D eigenvalue weighted by molar-refractivity contribution is 5.58. The van der Waals surface area contributed by atoms with E-state index in [0.717, 1.165) is 17.9 Å². The lowest BCUT2D eigenvalue weighted by Crippen LogP contribution is -2.23. The maximum absolute atomic E-state index is 5.77. The molecule has 2 aliphatic rings. The molecule has 2 atom stereocenters. The van der Waals surface area contributed by atoms with Gasteiger partial charge in [0, 0.05) is 5.56 Å². The van der Waals surface area contributed by atoms with Crippen molar-refractivity contribution in [2.24, 2.45) is 0 Å². The fourth-order valence-electron chi connectivity index (χ4n) is 4.63. The Morgan fingerprint density at radius 3 is 2.57 bits per heavy atom. The van der Waals surface area contributed by atoms with Crippen LogP contribution in [0.15, 0.2) is 36.4 Å². The summed E-state index contributed by atoms with van der Waals surface area (Å²) in [5.41, 5.74) is 5.91. The maximum Gasteiger partial charge on any atom is 0.164 e. The average molecular weight is 308 g/mol. The molecule has 0 spiro atoms. The zero-order chi connectivity index (χ0) is 15.8. The van der Waals surface area contributed by atoms with E-state index in [4.69, 9.17) is 9.47 Å². The molecule has 2 nitrogen and oxygen atoms in total. The summed E-state index contributed by atoms with van der Waals surface area (Å²) in [4.78, 5) is 0. The van der Waals surface area contributed by atoms with Crippen LogP contribution < -0.4 is 9.47 Å². The molecule has 0 fully saturated rings. The predicted molar refractivity (Wildman–Crippen MR) is 92.7 cm³/mol. The molecule has 0 heterocycles. The monoisotopic (exact) mass is 308 g/mol. The largest absolute Gasteiger partial charge is 0.493 e. The Kier molecular flexibility index (Phi) is 3.76. The second-order valence-electron chi connectivity index (χ2n) is 6.80. The van der Waals surface area contributed by atoms with Crippen molar-refractivity contribution in [3.8, 4) is 11.5 Å². The number of methoxy groups -OCH3 is 2. The molecule has 0 radical (unpaired) electrons. The van der Waals surface area contributed by atoms with Gasteiger partial charge in [0.25, 0.3) is 0 Å². The van der Waals surface area contributed by atoms with Gasteiger partial charge in [-0.3, -0.25) is 0 Å². The van der Waals surface area contributed by atoms with Crippen molar-refractivity contribution in [3.05, 3.63) is 58.7 Å². The summed E-state index contributed by atoms with van der Waals surface area (Å²) >= 11 is 0. The molecule has 2 aromatic rings. The quantitative estimate of drug-likeness (QED) is 0.806. The van der Waals surface area contributed by atoms with Crippen LogP contribution in [0.3, 0.4) is 0 Å². The van der Waals surface area contributed by atoms with Gasteiger partial charge >= 0.3 is 0 Å². The van der Waals surface area contributed by atoms with Crippen LogP contribution in [-0.4, -0.2) is 14.2 Å². The van der Waals surface area contributed by atoms with Crippen LogP contribution in [-0.2, 0) is 12.8 Å². The van der Waals surface area contributed by atoms with Crippen LogP contribution in [0.4, 0.5) is 0 Å². The predicted octanol–water partition coefficient (Wildman–Crippen LogP) is 4.85. The van der Waals surface area contributed by atoms with Gasteiger partial charge in [-0.2, -0.15) is 0 Å². The molecule has 23 heavy (non-hydrogen) atoms. The van der Waals surface area contributed by atoms with Gasteiger partial charge in [-0.05, 0) is 66.7 Å². The van der Waals surface area contributed by atoms with Crippen molar-refractivity contribution in [1.82, 2.24) is 0 Å². The molecule has 0 aliphatic heterocycles. The summed E-state index contributed by atoms with van der Waals surface area (Å²) in [7, 11) is 3.51. The number of hydrogen-bond donors (Lipinski definition) is 0. The summed E-state index contributed by atoms with van der Waals surface area (Å²) in [6.45, 7) is 0. The van der Waals surface area contributed by atoms with E-state index in [0.29, 0.717) is 11.8 Å². The van der Waals surface area contributed by atoms with Crippen LogP contribution in [0.25, 0.3) is 0 Å². The first-order chi connectivity index (χ1) is 11.3. The van der Waals surface area contributed by atoms with Crippen LogP contribution in [0, 0.1) is 0 Å². The zero-order valence-electron chi connectivity index (χ0n) is 14.0. The highest BCUT2D eigenvalue weighted by Crippen LogP contribution is 2.51. The summed E-state index contributed by atoms with van der Waals surface area (Å²) in [5.74, 6) is 3.11. The first-order valence-electron chi connectivity index (χ1n) is 8.63. The maximum atomic E-state index is 5.77. The number of hydrogen-bond acceptors (Lipinski definition) is 2. The summed E-state index contributed by atoms with van der Waals surface area (Å²) in [5, 5.41) is 0. The van der Waals surface area contributed by atoms with Gasteiger partial charge in [0.1, 0.15) is 0 Å². The standard InChI is InChI=1S/C21H24O2/c1-22-19-13-16-10-6-9-15-11-17(14-7-4-3-5-8-14)12-18(20(15)16)21(19)23-2/h3-5,7-8,13,15,17H,6,9-12H2,1-2H3. The topological polar surface area (TPSA) is 18.5 Å². The van der Waals surface area contributed by atoms with Crippen molar-refractivity contribution >= 4 is 0 Å². The molecular weight excluding hydrogens is 284 g/mol. The van der Waals surface area contributed by atoms with Gasteiger partial charge in [0.15, 0.2) is 11.5 Å². The molecule has 0 N–H and O–H groups in total. The van der Waals surface area contributed by atoms with Gasteiger partial charge in [0.2, 0.25) is 0 Å². The van der Waals surface area contributed by atoms with E-state index in [-0.39, 0.29) is 0 Å². The minimum atomic E-state index is 0.584. The van der Waals surface area contributed by atoms with Crippen LogP contribution in [0.2, 0.25) is 0 Å². The van der Waals surface area contributed by atoms with Crippen LogP contribution in [0.5, 0.6) is 11.5 Å². The van der Waals surface area contributed by atoms with Crippen LogP contribution >= 0.6 is 0 Å². The van der Waals surface area contributed by atoms with Gasteiger partial charge in [-0.25, -0.2) is 0 Å². The number of rotatable bonds is 3. The Hall–Kier alpha value is -1.96. The Bertz CT molecular complexity index is 706. The lowest BCUT2D eigenvalue weighted by atomic mass is 9.68. The Balaban J connectivity index is 1.84. The molecule has 2 unspecified atom stereocenters. The van der Waals surface area contributed by atoms with Crippen molar-refractivity contribution in [3.63, 3.8) is 0 Å². The van der Waals surface area contributed by atoms with Crippen molar-refractivity contribution < 1.29 is 9.47 Å². The van der Waals surface area contributed by atoms with Crippen molar-refractivity contribution in [2.45, 2.75) is 43.9 Å². The molecule has 0 amide bonds. The summed E-state index contributed by atoms with van der Waals surface area (Å²) in [6.07, 6.45) is 6.09. The lowest BCUT2D eigenvalue weighted by Gasteiger charge is -2.37. The van der Waals surface area contributed by atoms with Crippen LogP contribution in [0.1, 0.15) is 53.4 Å². The van der Waals surface area contributed by atoms with E-state index in [9.17, 15) is 0 Å². The molecule has 0 aromatic heterocycles. The number of benzene rings is 2. The van der Waals surface area contributed by atoms with Gasteiger partial charge < -0.3 is 9.47 Å². The summed E-state index contributed by atoms with van der Waals surface area (Å²) in [6, 6.07) is 13.2. The lowest BCUT2D eigenvalue weighted by molar-refractivity contribution is 0.340. The normalized spacial score (nSPS) is 22.3. The molecule has 2 heteroatoms. The molecule has 120 valence electrons. The van der Waals surface area contributed by atoms with Gasteiger partial charge in [0.05, 0.1) is 14.2 Å². The van der Waals surface area contributed by atoms with E-state index >= 15 is 0 Å². The van der Waals surface area contributed by atoms with Crippen molar-refractivity contribution in [2.75, 3.05) is 14.2 Å². The zero-order valence-corrected chi connectivity index (χ0v) is 14.0. The fraction of sp³-hybridized carbons (Fsp3) is 0.429. The molecular formula is C21H24O2. The molecule has 0 bridgehead atoms. The Morgan fingerprint density at radius 2 is 1.83 bits per heavy atom. The Morgan fingerprint density at radius 1 is 1.00 bits per heavy atom. The average Bonchev–Trinajstić information content (AvgIpc) is 2.62. The number of aryl methyl sites for hydroxylation is 1. The molecule has 2 aliphatic carbocycles. The molecule has 4 rings (SSSR count). The van der Waals surface area contributed by atoms with E-state index in [1.807, 2.05) is 0 Å². The van der Waals surface area contributed by atoms with E-state index in [2.05, 4.69) is 36.4 Å². The second kappa shape index (κ2) is 5.92. The molecule has 0 saturated heterocycles. The van der Waals surface area contributed by atoms with E-state index < -0.39 is 0 Å². The molecule has 2 aromatic carbocycles.